The standard InChI is InChI=1S/C14H19N5O4S/c15-10-13-14(17-4-3-16-13)23-12-2-1-5-19(11-12)24(20,21)18-6-8-22-9-7-18/h3-4,12H,1-2,5-9,11H2. The molecule has 3 rings (SSSR count). The maximum atomic E-state index is 12.7. The van der Waals surface area contributed by atoms with Crippen LogP contribution in [0.1, 0.15) is 18.5 Å². The van der Waals surface area contributed by atoms with Gasteiger partial charge in [-0.25, -0.2) is 9.97 Å². The molecular formula is C14H19N5O4S. The summed E-state index contributed by atoms with van der Waals surface area (Å²) >= 11 is 0. The summed E-state index contributed by atoms with van der Waals surface area (Å²) in [5.74, 6) is 0.149. The van der Waals surface area contributed by atoms with E-state index in [1.807, 2.05) is 6.07 Å². The van der Waals surface area contributed by atoms with Crippen molar-refractivity contribution < 1.29 is 17.9 Å². The fraction of sp³-hybridized carbons (Fsp3) is 0.643. The van der Waals surface area contributed by atoms with Crippen LogP contribution in [0.2, 0.25) is 0 Å². The van der Waals surface area contributed by atoms with Gasteiger partial charge in [-0.15, -0.1) is 0 Å². The molecule has 0 amide bonds. The molecule has 0 aliphatic carbocycles. The zero-order valence-electron chi connectivity index (χ0n) is 13.2. The topological polar surface area (TPSA) is 109 Å². The first-order valence-electron chi connectivity index (χ1n) is 7.82. The zero-order chi connectivity index (χ0) is 17.0. The zero-order valence-corrected chi connectivity index (χ0v) is 14.0. The molecule has 2 fully saturated rings. The molecule has 2 saturated heterocycles. The summed E-state index contributed by atoms with van der Waals surface area (Å²) < 4.78 is 39.3. The van der Waals surface area contributed by atoms with Crippen LogP contribution in [-0.4, -0.2) is 72.5 Å². The minimum absolute atomic E-state index is 0.102. The van der Waals surface area contributed by atoms with Crippen LogP contribution in [-0.2, 0) is 14.9 Å². The highest BCUT2D eigenvalue weighted by atomic mass is 32.2. The van der Waals surface area contributed by atoms with E-state index in [0.29, 0.717) is 45.7 Å². The van der Waals surface area contributed by atoms with Crippen LogP contribution in [0.15, 0.2) is 12.4 Å². The highest BCUT2D eigenvalue weighted by Crippen LogP contribution is 2.22. The van der Waals surface area contributed by atoms with Gasteiger partial charge in [0.05, 0.1) is 19.8 Å². The number of morpholine rings is 1. The van der Waals surface area contributed by atoms with E-state index in [4.69, 9.17) is 14.7 Å². The lowest BCUT2D eigenvalue weighted by molar-refractivity contribution is 0.0663. The van der Waals surface area contributed by atoms with Gasteiger partial charge in [0.25, 0.3) is 16.1 Å². The lowest BCUT2D eigenvalue weighted by Crippen LogP contribution is -2.53. The van der Waals surface area contributed by atoms with Crippen molar-refractivity contribution in [1.29, 1.82) is 5.26 Å². The van der Waals surface area contributed by atoms with Crippen molar-refractivity contribution >= 4 is 10.2 Å². The van der Waals surface area contributed by atoms with Gasteiger partial charge in [-0.3, -0.25) is 0 Å². The fourth-order valence-electron chi connectivity index (χ4n) is 2.80. The monoisotopic (exact) mass is 353 g/mol. The van der Waals surface area contributed by atoms with E-state index in [9.17, 15) is 8.42 Å². The van der Waals surface area contributed by atoms with Crippen LogP contribution in [0.5, 0.6) is 5.88 Å². The Labute approximate surface area is 141 Å². The molecule has 0 radical (unpaired) electrons. The average Bonchev–Trinajstić information content (AvgIpc) is 2.63. The predicted molar refractivity (Wildman–Crippen MR) is 83.3 cm³/mol. The predicted octanol–water partition coefficient (Wildman–Crippen LogP) is -0.232. The van der Waals surface area contributed by atoms with Gasteiger partial charge in [-0.2, -0.15) is 22.3 Å². The van der Waals surface area contributed by atoms with Crippen LogP contribution in [0.25, 0.3) is 0 Å². The summed E-state index contributed by atoms with van der Waals surface area (Å²) in [5, 5.41) is 9.04. The summed E-state index contributed by atoms with van der Waals surface area (Å²) in [6.07, 6.45) is 3.91. The van der Waals surface area contributed by atoms with Crippen molar-refractivity contribution in [1.82, 2.24) is 18.6 Å². The van der Waals surface area contributed by atoms with Crippen LogP contribution in [0.4, 0.5) is 0 Å². The van der Waals surface area contributed by atoms with Crippen molar-refractivity contribution in [2.75, 3.05) is 39.4 Å². The Morgan fingerprint density at radius 1 is 1.21 bits per heavy atom. The Hall–Kier alpha value is -1.80. The van der Waals surface area contributed by atoms with Gasteiger partial charge in [0.1, 0.15) is 12.2 Å². The Morgan fingerprint density at radius 2 is 1.96 bits per heavy atom. The third-order valence-electron chi connectivity index (χ3n) is 4.01. The quantitative estimate of drug-likeness (QED) is 0.735. The van der Waals surface area contributed by atoms with Crippen LogP contribution in [0, 0.1) is 11.3 Å². The molecule has 3 heterocycles. The van der Waals surface area contributed by atoms with Crippen LogP contribution >= 0.6 is 0 Å². The molecule has 0 bridgehead atoms. The summed E-state index contributed by atoms with van der Waals surface area (Å²) in [6, 6.07) is 1.93. The fourth-order valence-corrected chi connectivity index (χ4v) is 4.45. The molecule has 0 aromatic carbocycles. The number of nitrogens with zero attached hydrogens (tertiary/aromatic N) is 5. The first-order chi connectivity index (χ1) is 11.6. The van der Waals surface area contributed by atoms with Crippen molar-refractivity contribution in [2.24, 2.45) is 0 Å². The molecule has 24 heavy (non-hydrogen) atoms. The molecule has 0 N–H and O–H groups in total. The molecule has 2 aliphatic rings. The highest BCUT2D eigenvalue weighted by Gasteiger charge is 2.35. The van der Waals surface area contributed by atoms with E-state index in [0.717, 1.165) is 0 Å². The number of piperidine rings is 1. The average molecular weight is 353 g/mol. The smallest absolute Gasteiger partial charge is 0.282 e. The van der Waals surface area contributed by atoms with Gasteiger partial charge in [0.15, 0.2) is 0 Å². The Balaban J connectivity index is 1.69. The number of hydrogen-bond acceptors (Lipinski definition) is 7. The van der Waals surface area contributed by atoms with E-state index in [-0.39, 0.29) is 24.2 Å². The third kappa shape index (κ3) is 3.64. The molecule has 10 heteroatoms. The van der Waals surface area contributed by atoms with Gasteiger partial charge >= 0.3 is 0 Å². The lowest BCUT2D eigenvalue weighted by atomic mass is 10.1. The number of hydrogen-bond donors (Lipinski definition) is 0. The normalized spacial score (nSPS) is 23.5. The molecule has 0 saturated carbocycles. The molecular weight excluding hydrogens is 334 g/mol. The highest BCUT2D eigenvalue weighted by molar-refractivity contribution is 7.86. The first kappa shape index (κ1) is 17.0. The molecule has 2 aliphatic heterocycles. The second-order valence-corrected chi connectivity index (χ2v) is 7.51. The van der Waals surface area contributed by atoms with Gasteiger partial charge in [0, 0.05) is 32.0 Å². The number of aromatic nitrogens is 2. The van der Waals surface area contributed by atoms with E-state index in [1.54, 1.807) is 0 Å². The van der Waals surface area contributed by atoms with Crippen molar-refractivity contribution in [3.8, 4) is 11.9 Å². The second-order valence-electron chi connectivity index (χ2n) is 5.58. The van der Waals surface area contributed by atoms with Crippen molar-refractivity contribution in [2.45, 2.75) is 18.9 Å². The second kappa shape index (κ2) is 7.40. The number of rotatable bonds is 4. The van der Waals surface area contributed by atoms with E-state index >= 15 is 0 Å². The summed E-state index contributed by atoms with van der Waals surface area (Å²) in [6.45, 7) is 2.27. The van der Waals surface area contributed by atoms with Crippen LogP contribution in [0.3, 0.4) is 0 Å². The number of nitriles is 1. The maximum absolute atomic E-state index is 12.7. The lowest BCUT2D eigenvalue weighted by Gasteiger charge is -2.36. The van der Waals surface area contributed by atoms with E-state index in [2.05, 4.69) is 9.97 Å². The molecule has 1 aromatic heterocycles. The third-order valence-corrected chi connectivity index (χ3v) is 6.01. The van der Waals surface area contributed by atoms with Crippen molar-refractivity contribution in [3.63, 3.8) is 0 Å². The van der Waals surface area contributed by atoms with Gasteiger partial charge < -0.3 is 9.47 Å². The largest absolute Gasteiger partial charge is 0.471 e. The van der Waals surface area contributed by atoms with Gasteiger partial charge in [0.2, 0.25) is 5.69 Å². The van der Waals surface area contributed by atoms with Crippen molar-refractivity contribution in [3.05, 3.63) is 18.1 Å². The molecule has 1 atom stereocenters. The van der Waals surface area contributed by atoms with Crippen LogP contribution < -0.4 is 4.74 Å². The molecule has 1 unspecified atom stereocenters. The molecule has 9 nitrogen and oxygen atoms in total. The van der Waals surface area contributed by atoms with Gasteiger partial charge in [-0.05, 0) is 12.8 Å². The maximum Gasteiger partial charge on any atom is 0.282 e. The Morgan fingerprint density at radius 3 is 2.71 bits per heavy atom. The minimum atomic E-state index is -3.52. The number of ether oxygens (including phenoxy) is 2. The van der Waals surface area contributed by atoms with E-state index in [1.165, 1.54) is 21.0 Å². The Kier molecular flexibility index (Phi) is 5.25. The molecule has 1 aromatic rings. The van der Waals surface area contributed by atoms with Gasteiger partial charge in [-0.1, -0.05) is 0 Å². The van der Waals surface area contributed by atoms with E-state index < -0.39 is 10.2 Å². The Bertz CT molecular complexity index is 714. The summed E-state index contributed by atoms with van der Waals surface area (Å²) in [5.41, 5.74) is 0.102. The molecule has 0 spiro atoms. The summed E-state index contributed by atoms with van der Waals surface area (Å²) in [7, 11) is -3.52. The summed E-state index contributed by atoms with van der Waals surface area (Å²) in [4.78, 5) is 7.92. The minimum Gasteiger partial charge on any atom is -0.471 e. The SMILES string of the molecule is N#Cc1nccnc1OC1CCCN(S(=O)(=O)N2CCOCC2)C1. The first-order valence-corrected chi connectivity index (χ1v) is 9.21. The molecule has 130 valence electrons.